The number of hydrogen-bond acceptors (Lipinski definition) is 7. The quantitative estimate of drug-likeness (QED) is 0.229. The molecule has 0 aliphatic rings. The van der Waals surface area contributed by atoms with E-state index < -0.39 is 48.4 Å². The molecule has 138 valence electrons. The molecule has 7 N–H and O–H groups in total. The highest BCUT2D eigenvalue weighted by Crippen LogP contribution is 2.02. The molecule has 0 radical (unpaired) electrons. The van der Waals surface area contributed by atoms with E-state index in [0.717, 1.165) is 0 Å². The topological polar surface area (TPSA) is 171 Å². The van der Waals surface area contributed by atoms with Crippen molar-refractivity contribution in [3.8, 4) is 0 Å². The van der Waals surface area contributed by atoms with E-state index in [1.165, 1.54) is 18.7 Å². The van der Waals surface area contributed by atoms with E-state index in [1.54, 1.807) is 0 Å². The van der Waals surface area contributed by atoms with Gasteiger partial charge in [-0.3, -0.25) is 14.4 Å². The van der Waals surface area contributed by atoms with Crippen LogP contribution in [0.1, 0.15) is 13.3 Å². The van der Waals surface area contributed by atoms with E-state index in [-0.39, 0.29) is 6.54 Å². The van der Waals surface area contributed by atoms with E-state index in [2.05, 4.69) is 16.0 Å². The number of carboxylic acids is 1. The Labute approximate surface area is 143 Å². The smallest absolute Gasteiger partial charge is 0.328 e. The van der Waals surface area contributed by atoms with Gasteiger partial charge in [-0.15, -0.1) is 0 Å². The van der Waals surface area contributed by atoms with E-state index in [0.29, 0.717) is 12.2 Å². The molecule has 0 aromatic rings. The molecule has 0 saturated heterocycles. The second-order valence-corrected chi connectivity index (χ2v) is 5.90. The van der Waals surface area contributed by atoms with E-state index in [4.69, 9.17) is 15.9 Å². The number of amides is 3. The first-order valence-electron chi connectivity index (χ1n) is 7.19. The highest BCUT2D eigenvalue weighted by Gasteiger charge is 2.26. The molecular weight excluding hydrogens is 340 g/mol. The fraction of sp³-hybridized carbons (Fsp3) is 0.692. The summed E-state index contributed by atoms with van der Waals surface area (Å²) in [6.45, 7) is 0.320. The van der Waals surface area contributed by atoms with Crippen molar-refractivity contribution in [3.63, 3.8) is 0 Å². The van der Waals surface area contributed by atoms with Crippen molar-refractivity contribution in [2.24, 2.45) is 5.73 Å². The number of carbonyl (C=O) groups excluding carboxylic acids is 3. The maximum atomic E-state index is 12.2. The van der Waals surface area contributed by atoms with Crippen molar-refractivity contribution in [3.05, 3.63) is 0 Å². The summed E-state index contributed by atoms with van der Waals surface area (Å²) in [6, 6.07) is -3.35. The number of thioether (sulfide) groups is 1. The largest absolute Gasteiger partial charge is 0.480 e. The van der Waals surface area contributed by atoms with E-state index in [1.807, 2.05) is 6.26 Å². The van der Waals surface area contributed by atoms with Crippen molar-refractivity contribution >= 4 is 35.5 Å². The van der Waals surface area contributed by atoms with Crippen molar-refractivity contribution in [1.29, 1.82) is 0 Å². The van der Waals surface area contributed by atoms with Gasteiger partial charge in [-0.2, -0.15) is 11.8 Å². The van der Waals surface area contributed by atoms with Crippen LogP contribution < -0.4 is 21.7 Å². The fourth-order valence-electron chi connectivity index (χ4n) is 1.62. The van der Waals surface area contributed by atoms with Crippen molar-refractivity contribution in [1.82, 2.24) is 16.0 Å². The number of aliphatic hydroxyl groups excluding tert-OH is 1. The van der Waals surface area contributed by atoms with Gasteiger partial charge < -0.3 is 31.9 Å². The molecule has 0 fully saturated rings. The molecule has 0 heterocycles. The zero-order valence-corrected chi connectivity index (χ0v) is 14.4. The highest BCUT2D eigenvalue weighted by molar-refractivity contribution is 7.98. The first kappa shape index (κ1) is 22.1. The molecule has 11 heteroatoms. The van der Waals surface area contributed by atoms with Gasteiger partial charge in [-0.1, -0.05) is 0 Å². The van der Waals surface area contributed by atoms with Gasteiger partial charge in [0.15, 0.2) is 0 Å². The summed E-state index contributed by atoms with van der Waals surface area (Å²) in [4.78, 5) is 46.2. The van der Waals surface area contributed by atoms with Crippen LogP contribution in [-0.4, -0.2) is 77.2 Å². The van der Waals surface area contributed by atoms with Crippen LogP contribution in [0.4, 0.5) is 0 Å². The predicted molar refractivity (Wildman–Crippen MR) is 88.2 cm³/mol. The zero-order chi connectivity index (χ0) is 18.7. The second-order valence-electron chi connectivity index (χ2n) is 4.92. The van der Waals surface area contributed by atoms with Gasteiger partial charge in [-0.25, -0.2) is 4.79 Å². The lowest BCUT2D eigenvalue weighted by molar-refractivity contribution is -0.143. The SMILES string of the molecule is CSCCC(NC(=O)CN)C(=O)NC(C)C(=O)NC(CO)C(=O)O. The lowest BCUT2D eigenvalue weighted by atomic mass is 10.2. The molecule has 3 amide bonds. The first-order valence-corrected chi connectivity index (χ1v) is 8.58. The average Bonchev–Trinajstić information content (AvgIpc) is 2.55. The van der Waals surface area contributed by atoms with Gasteiger partial charge in [0.2, 0.25) is 17.7 Å². The van der Waals surface area contributed by atoms with Crippen molar-refractivity contribution < 1.29 is 29.4 Å². The van der Waals surface area contributed by atoms with Gasteiger partial charge >= 0.3 is 5.97 Å². The zero-order valence-electron chi connectivity index (χ0n) is 13.6. The van der Waals surface area contributed by atoms with Gasteiger partial charge in [0.1, 0.15) is 18.1 Å². The van der Waals surface area contributed by atoms with Crippen molar-refractivity contribution in [2.75, 3.05) is 25.2 Å². The predicted octanol–water partition coefficient (Wildman–Crippen LogP) is -2.75. The van der Waals surface area contributed by atoms with Crippen LogP contribution in [0, 0.1) is 0 Å². The number of hydrogen-bond donors (Lipinski definition) is 6. The van der Waals surface area contributed by atoms with Crippen LogP contribution in [0.25, 0.3) is 0 Å². The monoisotopic (exact) mass is 364 g/mol. The van der Waals surface area contributed by atoms with Gasteiger partial charge in [-0.05, 0) is 25.4 Å². The number of carboxylic acid groups (broad SMARTS) is 1. The van der Waals surface area contributed by atoms with Gasteiger partial charge in [0, 0.05) is 0 Å². The van der Waals surface area contributed by atoms with E-state index >= 15 is 0 Å². The average molecular weight is 364 g/mol. The molecule has 0 saturated carbocycles. The Bertz CT molecular complexity index is 462. The number of rotatable bonds is 11. The van der Waals surface area contributed by atoms with E-state index in [9.17, 15) is 19.2 Å². The summed E-state index contributed by atoms with van der Waals surface area (Å²) in [5.41, 5.74) is 5.20. The minimum atomic E-state index is -1.46. The Morgan fingerprint density at radius 3 is 2.17 bits per heavy atom. The number of nitrogens with one attached hydrogen (secondary N) is 3. The summed E-state index contributed by atoms with van der Waals surface area (Å²) in [7, 11) is 0. The molecule has 3 unspecified atom stereocenters. The van der Waals surface area contributed by atoms with Crippen LogP contribution in [0.3, 0.4) is 0 Å². The highest BCUT2D eigenvalue weighted by atomic mass is 32.2. The second kappa shape index (κ2) is 11.6. The number of nitrogens with two attached hydrogens (primary N) is 1. The lowest BCUT2D eigenvalue weighted by Crippen LogP contribution is -2.55. The Hall–Kier alpha value is -1.85. The molecule has 0 aromatic heterocycles. The Morgan fingerprint density at radius 1 is 1.08 bits per heavy atom. The van der Waals surface area contributed by atoms with Crippen LogP contribution in [0.15, 0.2) is 0 Å². The molecule has 3 atom stereocenters. The molecule has 10 nitrogen and oxygen atoms in total. The Morgan fingerprint density at radius 2 is 1.71 bits per heavy atom. The standard InChI is InChI=1S/C13H24N4O6S/c1-7(11(20)17-9(6-18)13(22)23)15-12(21)8(3-4-24-2)16-10(19)5-14/h7-9,18H,3-6,14H2,1-2H3,(H,15,21)(H,16,19)(H,17,20)(H,22,23). The molecule has 0 aromatic carbocycles. The first-order chi connectivity index (χ1) is 11.3. The third kappa shape index (κ3) is 8.13. The van der Waals surface area contributed by atoms with Gasteiger partial charge in [0.25, 0.3) is 0 Å². The number of aliphatic hydroxyl groups is 1. The minimum absolute atomic E-state index is 0.268. The van der Waals surface area contributed by atoms with Crippen LogP contribution in [0.2, 0.25) is 0 Å². The lowest BCUT2D eigenvalue weighted by Gasteiger charge is -2.21. The maximum Gasteiger partial charge on any atom is 0.328 e. The molecule has 0 spiro atoms. The summed E-state index contributed by atoms with van der Waals surface area (Å²) in [6.07, 6.45) is 2.19. The third-order valence-electron chi connectivity index (χ3n) is 3.00. The molecule has 0 rings (SSSR count). The number of aliphatic carboxylic acids is 1. The summed E-state index contributed by atoms with van der Waals surface area (Å²) >= 11 is 1.49. The maximum absolute atomic E-state index is 12.2. The van der Waals surface area contributed by atoms with Crippen LogP contribution >= 0.6 is 11.8 Å². The molecule has 24 heavy (non-hydrogen) atoms. The normalized spacial score (nSPS) is 14.2. The van der Waals surface area contributed by atoms with Crippen molar-refractivity contribution in [2.45, 2.75) is 31.5 Å². The fourth-order valence-corrected chi connectivity index (χ4v) is 2.09. The summed E-state index contributed by atoms with van der Waals surface area (Å²) in [5, 5.41) is 24.6. The molecule has 0 aliphatic heterocycles. The third-order valence-corrected chi connectivity index (χ3v) is 3.64. The molecular formula is C13H24N4O6S. The molecule has 0 aliphatic carbocycles. The summed E-state index contributed by atoms with van der Waals surface area (Å²) < 4.78 is 0. The molecule has 0 bridgehead atoms. The minimum Gasteiger partial charge on any atom is -0.480 e. The van der Waals surface area contributed by atoms with Crippen LogP contribution in [0.5, 0.6) is 0 Å². The van der Waals surface area contributed by atoms with Gasteiger partial charge in [0.05, 0.1) is 13.2 Å². The van der Waals surface area contributed by atoms with Crippen LogP contribution in [-0.2, 0) is 19.2 Å². The Kier molecular flexibility index (Phi) is 10.8. The number of carbonyl (C=O) groups is 4. The Balaban J connectivity index is 4.72. The summed E-state index contributed by atoms with van der Waals surface area (Å²) in [5.74, 6) is -2.63.